The number of hydrogen-bond acceptors (Lipinski definition) is 3. The average Bonchev–Trinajstić information content (AvgIpc) is 2.49. The SMILES string of the molecule is Cc1ccc(C(=O)Nc2cccc(/C(N)=N/O)c2)cc1F. The molecule has 0 aliphatic heterocycles. The van der Waals surface area contributed by atoms with Crippen LogP contribution in [0.15, 0.2) is 47.6 Å². The van der Waals surface area contributed by atoms with E-state index in [1.54, 1.807) is 37.3 Å². The number of halogens is 1. The molecule has 0 saturated carbocycles. The number of nitrogens with one attached hydrogen (secondary N) is 1. The van der Waals surface area contributed by atoms with Gasteiger partial charge in [-0.1, -0.05) is 23.4 Å². The third kappa shape index (κ3) is 3.36. The smallest absolute Gasteiger partial charge is 0.255 e. The lowest BCUT2D eigenvalue weighted by atomic mass is 10.1. The molecule has 0 aromatic heterocycles. The lowest BCUT2D eigenvalue weighted by Gasteiger charge is -2.07. The van der Waals surface area contributed by atoms with Gasteiger partial charge in [0.2, 0.25) is 0 Å². The number of carbonyl (C=O) groups is 1. The van der Waals surface area contributed by atoms with Crippen LogP contribution in [0, 0.1) is 12.7 Å². The van der Waals surface area contributed by atoms with Crippen molar-refractivity contribution in [3.63, 3.8) is 0 Å². The molecule has 6 heteroatoms. The average molecular weight is 287 g/mol. The van der Waals surface area contributed by atoms with E-state index in [0.29, 0.717) is 16.8 Å². The monoisotopic (exact) mass is 287 g/mol. The maximum absolute atomic E-state index is 13.5. The molecule has 0 atom stereocenters. The van der Waals surface area contributed by atoms with Crippen molar-refractivity contribution in [1.29, 1.82) is 0 Å². The number of amidine groups is 1. The summed E-state index contributed by atoms with van der Waals surface area (Å²) in [5.41, 5.74) is 7.09. The highest BCUT2D eigenvalue weighted by atomic mass is 19.1. The number of rotatable bonds is 3. The Bertz CT molecular complexity index is 714. The first kappa shape index (κ1) is 14.5. The molecule has 2 rings (SSSR count). The van der Waals surface area contributed by atoms with Gasteiger partial charge >= 0.3 is 0 Å². The Kier molecular flexibility index (Phi) is 4.18. The fourth-order valence-electron chi connectivity index (χ4n) is 1.75. The van der Waals surface area contributed by atoms with Crippen LogP contribution >= 0.6 is 0 Å². The number of carbonyl (C=O) groups excluding carboxylic acids is 1. The van der Waals surface area contributed by atoms with Gasteiger partial charge in [0.25, 0.3) is 5.91 Å². The molecule has 4 N–H and O–H groups in total. The van der Waals surface area contributed by atoms with Crippen LogP contribution < -0.4 is 11.1 Å². The zero-order valence-corrected chi connectivity index (χ0v) is 11.3. The Hall–Kier alpha value is -2.89. The van der Waals surface area contributed by atoms with Crippen LogP contribution in [-0.4, -0.2) is 17.0 Å². The van der Waals surface area contributed by atoms with Crippen LogP contribution in [0.3, 0.4) is 0 Å². The van der Waals surface area contributed by atoms with Crippen molar-refractivity contribution >= 4 is 17.4 Å². The molecule has 0 bridgehead atoms. The minimum absolute atomic E-state index is 0.0625. The molecule has 0 saturated heterocycles. The summed E-state index contributed by atoms with van der Waals surface area (Å²) in [6.07, 6.45) is 0. The predicted molar refractivity (Wildman–Crippen MR) is 78.0 cm³/mol. The van der Waals surface area contributed by atoms with Gasteiger partial charge in [-0.2, -0.15) is 0 Å². The Labute approximate surface area is 120 Å². The Balaban J connectivity index is 2.21. The van der Waals surface area contributed by atoms with Crippen LogP contribution in [0.25, 0.3) is 0 Å². The number of aryl methyl sites for hydroxylation is 1. The maximum Gasteiger partial charge on any atom is 0.255 e. The van der Waals surface area contributed by atoms with Crippen LogP contribution in [0.2, 0.25) is 0 Å². The van der Waals surface area contributed by atoms with E-state index in [1.807, 2.05) is 0 Å². The van der Waals surface area contributed by atoms with Gasteiger partial charge in [0.1, 0.15) is 5.82 Å². The summed E-state index contributed by atoms with van der Waals surface area (Å²) in [6.45, 7) is 1.62. The van der Waals surface area contributed by atoms with Gasteiger partial charge in [0, 0.05) is 16.8 Å². The predicted octanol–water partition coefficient (Wildman–Crippen LogP) is 2.48. The van der Waals surface area contributed by atoms with Crippen molar-refractivity contribution in [2.45, 2.75) is 6.92 Å². The largest absolute Gasteiger partial charge is 0.409 e. The van der Waals surface area contributed by atoms with E-state index in [9.17, 15) is 9.18 Å². The first-order valence-corrected chi connectivity index (χ1v) is 6.16. The minimum Gasteiger partial charge on any atom is -0.409 e. The maximum atomic E-state index is 13.5. The molecule has 0 unspecified atom stereocenters. The van der Waals surface area contributed by atoms with Crippen LogP contribution in [-0.2, 0) is 0 Å². The van der Waals surface area contributed by atoms with E-state index in [0.717, 1.165) is 0 Å². The number of hydrogen-bond donors (Lipinski definition) is 3. The highest BCUT2D eigenvalue weighted by Gasteiger charge is 2.09. The second-order valence-corrected chi connectivity index (χ2v) is 4.48. The number of anilines is 1. The third-order valence-electron chi connectivity index (χ3n) is 2.96. The summed E-state index contributed by atoms with van der Waals surface area (Å²) >= 11 is 0. The van der Waals surface area contributed by atoms with E-state index in [4.69, 9.17) is 10.9 Å². The molecule has 21 heavy (non-hydrogen) atoms. The van der Waals surface area contributed by atoms with Gasteiger partial charge in [-0.15, -0.1) is 0 Å². The molecule has 0 radical (unpaired) electrons. The highest BCUT2D eigenvalue weighted by molar-refractivity contribution is 6.05. The molecule has 2 aromatic carbocycles. The van der Waals surface area contributed by atoms with E-state index in [1.165, 1.54) is 12.1 Å². The van der Waals surface area contributed by atoms with Crippen molar-refractivity contribution in [1.82, 2.24) is 0 Å². The molecule has 0 aliphatic rings. The summed E-state index contributed by atoms with van der Waals surface area (Å²) in [6, 6.07) is 10.7. The third-order valence-corrected chi connectivity index (χ3v) is 2.96. The molecular formula is C15H14FN3O2. The summed E-state index contributed by atoms with van der Waals surface area (Å²) in [7, 11) is 0. The second kappa shape index (κ2) is 6.04. The standard InChI is InChI=1S/C15H14FN3O2/c1-9-5-6-11(8-13(9)16)15(20)18-12-4-2-3-10(7-12)14(17)19-21/h2-8,21H,1H3,(H2,17,19)(H,18,20). The van der Waals surface area contributed by atoms with Gasteiger partial charge in [-0.05, 0) is 36.8 Å². The van der Waals surface area contributed by atoms with Gasteiger partial charge in [-0.25, -0.2) is 4.39 Å². The van der Waals surface area contributed by atoms with E-state index >= 15 is 0 Å². The van der Waals surface area contributed by atoms with Crippen molar-refractivity contribution in [3.8, 4) is 0 Å². The van der Waals surface area contributed by atoms with Crippen molar-refractivity contribution in [3.05, 3.63) is 65.0 Å². The van der Waals surface area contributed by atoms with Crippen molar-refractivity contribution < 1.29 is 14.4 Å². The number of benzene rings is 2. The molecule has 0 spiro atoms. The first-order chi connectivity index (χ1) is 10.0. The molecule has 2 aromatic rings. The summed E-state index contributed by atoms with van der Waals surface area (Å²) in [5, 5.41) is 14.1. The van der Waals surface area contributed by atoms with Gasteiger partial charge in [0.15, 0.2) is 5.84 Å². The first-order valence-electron chi connectivity index (χ1n) is 6.16. The zero-order chi connectivity index (χ0) is 15.4. The molecule has 0 heterocycles. The Morgan fingerprint density at radius 3 is 2.67 bits per heavy atom. The van der Waals surface area contributed by atoms with Crippen molar-refractivity contribution in [2.24, 2.45) is 10.9 Å². The molecule has 5 nitrogen and oxygen atoms in total. The quantitative estimate of drug-likeness (QED) is 0.351. The number of nitrogens with zero attached hydrogens (tertiary/aromatic N) is 1. The summed E-state index contributed by atoms with van der Waals surface area (Å²) in [4.78, 5) is 12.0. The second-order valence-electron chi connectivity index (χ2n) is 4.48. The molecule has 0 aliphatic carbocycles. The van der Waals surface area contributed by atoms with E-state index < -0.39 is 11.7 Å². The van der Waals surface area contributed by atoms with E-state index in [-0.39, 0.29) is 11.4 Å². The number of nitrogens with two attached hydrogens (primary N) is 1. The minimum atomic E-state index is -0.439. The number of oxime groups is 1. The Morgan fingerprint density at radius 1 is 1.24 bits per heavy atom. The van der Waals surface area contributed by atoms with Gasteiger partial charge in [0.05, 0.1) is 0 Å². The van der Waals surface area contributed by atoms with Crippen LogP contribution in [0.5, 0.6) is 0 Å². The number of amides is 1. The van der Waals surface area contributed by atoms with Crippen LogP contribution in [0.1, 0.15) is 21.5 Å². The topological polar surface area (TPSA) is 87.7 Å². The zero-order valence-electron chi connectivity index (χ0n) is 11.3. The van der Waals surface area contributed by atoms with Crippen molar-refractivity contribution in [2.75, 3.05) is 5.32 Å². The summed E-state index contributed by atoms with van der Waals surface area (Å²) in [5.74, 6) is -0.939. The fraction of sp³-hybridized carbons (Fsp3) is 0.0667. The molecule has 108 valence electrons. The molecular weight excluding hydrogens is 273 g/mol. The molecule has 1 amide bonds. The lowest BCUT2D eigenvalue weighted by Crippen LogP contribution is -2.15. The lowest BCUT2D eigenvalue weighted by molar-refractivity contribution is 0.102. The fourth-order valence-corrected chi connectivity index (χ4v) is 1.75. The van der Waals surface area contributed by atoms with Gasteiger partial charge < -0.3 is 16.3 Å². The molecule has 0 fully saturated rings. The summed E-state index contributed by atoms with van der Waals surface area (Å²) < 4.78 is 13.5. The highest BCUT2D eigenvalue weighted by Crippen LogP contribution is 2.14. The van der Waals surface area contributed by atoms with E-state index in [2.05, 4.69) is 10.5 Å². The Morgan fingerprint density at radius 2 is 2.00 bits per heavy atom. The van der Waals surface area contributed by atoms with Gasteiger partial charge in [-0.3, -0.25) is 4.79 Å². The normalized spacial score (nSPS) is 11.2. The van der Waals surface area contributed by atoms with Crippen LogP contribution in [0.4, 0.5) is 10.1 Å².